The Hall–Kier alpha value is -1.24. The zero-order valence-corrected chi connectivity index (χ0v) is 9.43. The van der Waals surface area contributed by atoms with Crippen LogP contribution in [0.3, 0.4) is 0 Å². The predicted molar refractivity (Wildman–Crippen MR) is 59.6 cm³/mol. The van der Waals surface area contributed by atoms with E-state index in [2.05, 4.69) is 0 Å². The van der Waals surface area contributed by atoms with Gasteiger partial charge in [0.1, 0.15) is 6.61 Å². The van der Waals surface area contributed by atoms with E-state index in [-0.39, 0.29) is 18.9 Å². The van der Waals surface area contributed by atoms with Crippen molar-refractivity contribution in [1.29, 1.82) is 0 Å². The Morgan fingerprint density at radius 3 is 2.62 bits per heavy atom. The molecule has 0 aliphatic carbocycles. The lowest BCUT2D eigenvalue weighted by atomic mass is 10.2. The van der Waals surface area contributed by atoms with E-state index in [4.69, 9.17) is 9.39 Å². The Morgan fingerprint density at radius 1 is 1.38 bits per heavy atom. The van der Waals surface area contributed by atoms with Crippen LogP contribution in [0, 0.1) is 0 Å². The van der Waals surface area contributed by atoms with Crippen LogP contribution in [0.4, 0.5) is 0 Å². The van der Waals surface area contributed by atoms with E-state index in [0.717, 1.165) is 10.6 Å². The van der Waals surface area contributed by atoms with Gasteiger partial charge in [0.05, 0.1) is 12.3 Å². The molecule has 1 aromatic carbocycles. The molecule has 0 heterocycles. The zero-order valence-electron chi connectivity index (χ0n) is 8.61. The number of hydroxylamine groups is 2. The van der Waals surface area contributed by atoms with Gasteiger partial charge in [-0.25, -0.2) is 9.27 Å². The maximum Gasteiger partial charge on any atom is 0.233 e. The monoisotopic (exact) mass is 243 g/mol. The van der Waals surface area contributed by atoms with Gasteiger partial charge >= 0.3 is 0 Å². The van der Waals surface area contributed by atoms with Crippen molar-refractivity contribution < 1.29 is 18.4 Å². The molecule has 0 aliphatic rings. The van der Waals surface area contributed by atoms with Crippen molar-refractivity contribution in [2.45, 2.75) is 6.61 Å². The molecule has 1 rings (SSSR count). The molecule has 0 spiro atoms. The summed E-state index contributed by atoms with van der Waals surface area (Å²) in [5, 5.41) is 1.02. The summed E-state index contributed by atoms with van der Waals surface area (Å²) in [6.07, 6.45) is 0.496. The molecular weight excluding hydrogens is 230 g/mol. The summed E-state index contributed by atoms with van der Waals surface area (Å²) in [7, 11) is 0. The van der Waals surface area contributed by atoms with E-state index in [1.54, 1.807) is 0 Å². The van der Waals surface area contributed by atoms with Crippen LogP contribution in [0.5, 0.6) is 0 Å². The highest BCUT2D eigenvalue weighted by Gasteiger charge is 2.04. The lowest BCUT2D eigenvalue weighted by molar-refractivity contribution is -0.175. The number of rotatable bonds is 7. The van der Waals surface area contributed by atoms with Crippen molar-refractivity contribution in [3.8, 4) is 0 Å². The summed E-state index contributed by atoms with van der Waals surface area (Å²) in [5.41, 5.74) is 0.930. The van der Waals surface area contributed by atoms with Gasteiger partial charge in [-0.15, -0.1) is 0 Å². The van der Waals surface area contributed by atoms with E-state index in [9.17, 15) is 9.00 Å². The highest BCUT2D eigenvalue weighted by molar-refractivity contribution is 7.79. The van der Waals surface area contributed by atoms with Crippen molar-refractivity contribution in [3.63, 3.8) is 0 Å². The first-order chi connectivity index (χ1) is 7.72. The molecule has 6 heteroatoms. The van der Waals surface area contributed by atoms with Gasteiger partial charge in [0.25, 0.3) is 0 Å². The zero-order chi connectivity index (χ0) is 11.8. The van der Waals surface area contributed by atoms with E-state index in [1.807, 2.05) is 30.3 Å². The Kier molecular flexibility index (Phi) is 5.69. The van der Waals surface area contributed by atoms with Crippen molar-refractivity contribution in [1.82, 2.24) is 5.06 Å². The molecule has 0 bridgehead atoms. The molecule has 5 nitrogen and oxygen atoms in total. The first-order valence-corrected chi connectivity index (χ1v) is 5.96. The Balaban J connectivity index is 2.34. The third-order valence-electron chi connectivity index (χ3n) is 1.84. The molecule has 1 unspecified atom stereocenters. The average molecular weight is 243 g/mol. The second-order valence-electron chi connectivity index (χ2n) is 3.03. The summed E-state index contributed by atoms with van der Waals surface area (Å²) in [4.78, 5) is 15.7. The van der Waals surface area contributed by atoms with E-state index >= 15 is 0 Å². The van der Waals surface area contributed by atoms with Gasteiger partial charge in [0, 0.05) is 0 Å². The third kappa shape index (κ3) is 5.01. The van der Waals surface area contributed by atoms with Crippen LogP contribution >= 0.6 is 0 Å². The van der Waals surface area contributed by atoms with Gasteiger partial charge in [-0.05, 0) is 5.56 Å². The fourth-order valence-electron chi connectivity index (χ4n) is 1.05. The molecule has 1 aromatic rings. The molecule has 0 saturated carbocycles. The number of benzene rings is 1. The van der Waals surface area contributed by atoms with Crippen LogP contribution in [0.2, 0.25) is 0 Å². The number of hydrogen-bond donors (Lipinski definition) is 1. The van der Waals surface area contributed by atoms with Crippen LogP contribution in [-0.4, -0.2) is 32.5 Å². The average Bonchev–Trinajstić information content (AvgIpc) is 2.30. The first-order valence-electron chi connectivity index (χ1n) is 4.68. The standard InChI is InChI=1S/C10H13NO4S/c12-9-11(6-7-16(13)14)15-8-10-4-2-1-3-5-10/h1-5,9H,6-8H2,(H,13,14). The SMILES string of the molecule is O=CN(CCS(=O)O)OCc1ccccc1. The molecular formula is C10H13NO4S. The lowest BCUT2D eigenvalue weighted by Crippen LogP contribution is -2.26. The molecule has 0 saturated heterocycles. The molecule has 0 aromatic heterocycles. The first kappa shape index (κ1) is 12.8. The normalized spacial score (nSPS) is 12.1. The smallest absolute Gasteiger partial charge is 0.233 e. The summed E-state index contributed by atoms with van der Waals surface area (Å²) < 4.78 is 19.0. The second kappa shape index (κ2) is 7.10. The van der Waals surface area contributed by atoms with Crippen molar-refractivity contribution in [3.05, 3.63) is 35.9 Å². The van der Waals surface area contributed by atoms with Crippen molar-refractivity contribution in [2.75, 3.05) is 12.3 Å². The molecule has 1 N–H and O–H groups in total. The fourth-order valence-corrected chi connectivity index (χ4v) is 1.38. The van der Waals surface area contributed by atoms with Gasteiger partial charge in [0.2, 0.25) is 6.41 Å². The molecule has 1 amide bonds. The number of carbonyl (C=O) groups is 1. The van der Waals surface area contributed by atoms with Gasteiger partial charge < -0.3 is 4.55 Å². The quantitative estimate of drug-likeness (QED) is 0.437. The minimum atomic E-state index is -1.92. The maximum atomic E-state index is 10.6. The van der Waals surface area contributed by atoms with Gasteiger partial charge in [-0.3, -0.25) is 9.63 Å². The highest BCUT2D eigenvalue weighted by atomic mass is 32.2. The van der Waals surface area contributed by atoms with Crippen LogP contribution < -0.4 is 0 Å². The number of carbonyl (C=O) groups excluding carboxylic acids is 1. The summed E-state index contributed by atoms with van der Waals surface area (Å²) in [6, 6.07) is 9.36. The van der Waals surface area contributed by atoms with Crippen LogP contribution in [-0.2, 0) is 27.3 Å². The Morgan fingerprint density at radius 2 is 2.06 bits per heavy atom. The Labute approximate surface area is 96.3 Å². The molecule has 0 aliphatic heterocycles. The molecule has 0 fully saturated rings. The van der Waals surface area contributed by atoms with Gasteiger partial charge in [0.15, 0.2) is 11.1 Å². The largest absolute Gasteiger partial charge is 0.306 e. The highest BCUT2D eigenvalue weighted by Crippen LogP contribution is 2.01. The minimum Gasteiger partial charge on any atom is -0.306 e. The van der Waals surface area contributed by atoms with Crippen LogP contribution in [0.1, 0.15) is 5.56 Å². The number of nitrogens with zero attached hydrogens (tertiary/aromatic N) is 1. The predicted octanol–water partition coefficient (Wildman–Crippen LogP) is 0.798. The van der Waals surface area contributed by atoms with Crippen molar-refractivity contribution >= 4 is 17.5 Å². The van der Waals surface area contributed by atoms with E-state index in [1.165, 1.54) is 0 Å². The molecule has 88 valence electrons. The minimum absolute atomic E-state index is 0.0203. The fraction of sp³-hybridized carbons (Fsp3) is 0.300. The van der Waals surface area contributed by atoms with Crippen molar-refractivity contribution in [2.24, 2.45) is 0 Å². The van der Waals surface area contributed by atoms with E-state index in [0.29, 0.717) is 6.41 Å². The summed E-state index contributed by atoms with van der Waals surface area (Å²) in [5.74, 6) is -0.0203. The summed E-state index contributed by atoms with van der Waals surface area (Å²) in [6.45, 7) is 0.358. The van der Waals surface area contributed by atoms with Gasteiger partial charge in [-0.2, -0.15) is 0 Å². The molecule has 0 radical (unpaired) electrons. The Bertz CT molecular complexity index is 344. The van der Waals surface area contributed by atoms with Crippen LogP contribution in [0.25, 0.3) is 0 Å². The number of hydrogen-bond acceptors (Lipinski definition) is 3. The van der Waals surface area contributed by atoms with E-state index < -0.39 is 11.1 Å². The molecule has 1 atom stereocenters. The second-order valence-corrected chi connectivity index (χ2v) is 4.08. The number of amides is 1. The molecule has 16 heavy (non-hydrogen) atoms. The lowest BCUT2D eigenvalue weighted by Gasteiger charge is -2.15. The summed E-state index contributed by atoms with van der Waals surface area (Å²) >= 11 is -1.92. The van der Waals surface area contributed by atoms with Gasteiger partial charge in [-0.1, -0.05) is 30.3 Å². The topological polar surface area (TPSA) is 66.8 Å². The third-order valence-corrected chi connectivity index (χ3v) is 2.38. The maximum absolute atomic E-state index is 10.6. The van der Waals surface area contributed by atoms with Crippen LogP contribution in [0.15, 0.2) is 30.3 Å².